The van der Waals surface area contributed by atoms with Gasteiger partial charge in [0, 0.05) is 5.56 Å². The van der Waals surface area contributed by atoms with Gasteiger partial charge in [0.15, 0.2) is 0 Å². The van der Waals surface area contributed by atoms with E-state index in [-0.39, 0.29) is 11.1 Å². The maximum absolute atomic E-state index is 12.9. The Hall–Kier alpha value is -3.45. The van der Waals surface area contributed by atoms with Crippen LogP contribution in [0.4, 0.5) is 0 Å². The molecule has 1 unspecified atom stereocenters. The molecule has 2 N–H and O–H groups in total. The number of nitrogens with one attached hydrogen (secondary N) is 1. The number of rotatable bonds is 3. The van der Waals surface area contributed by atoms with Crippen molar-refractivity contribution in [3.05, 3.63) is 94.0 Å². The number of aryl methyl sites for hydroxylation is 1. The molecule has 29 heavy (non-hydrogen) atoms. The van der Waals surface area contributed by atoms with Crippen LogP contribution in [0.2, 0.25) is 0 Å². The summed E-state index contributed by atoms with van der Waals surface area (Å²) in [6.45, 7) is 1.94. The third-order valence-corrected chi connectivity index (χ3v) is 6.07. The number of hydrogen-bond acceptors (Lipinski definition) is 6. The van der Waals surface area contributed by atoms with E-state index >= 15 is 0 Å². The molecule has 0 saturated carbocycles. The highest BCUT2D eigenvalue weighted by Crippen LogP contribution is 2.49. The maximum Gasteiger partial charge on any atom is 0.353 e. The molecule has 1 atom stereocenters. The van der Waals surface area contributed by atoms with Gasteiger partial charge in [0.05, 0.1) is 28.2 Å². The van der Waals surface area contributed by atoms with Gasteiger partial charge in [-0.15, -0.1) is 0 Å². The lowest BCUT2D eigenvalue weighted by Crippen LogP contribution is -2.29. The van der Waals surface area contributed by atoms with Crippen LogP contribution in [0.1, 0.15) is 27.9 Å². The molecule has 0 bridgehead atoms. The van der Waals surface area contributed by atoms with Crippen molar-refractivity contribution in [3.8, 4) is 17.2 Å². The van der Waals surface area contributed by atoms with Crippen molar-refractivity contribution in [3.63, 3.8) is 0 Å². The Bertz CT molecular complexity index is 1230. The number of hydrogen-bond donors (Lipinski definition) is 2. The molecule has 3 heterocycles. The molecule has 0 aliphatic carbocycles. The summed E-state index contributed by atoms with van der Waals surface area (Å²) >= 11 is 1.44. The van der Waals surface area contributed by atoms with Crippen LogP contribution in [0.25, 0.3) is 16.7 Å². The number of aliphatic hydroxyl groups is 1. The summed E-state index contributed by atoms with van der Waals surface area (Å²) in [6.07, 6.45) is 4.70. The number of aromatic nitrogens is 2. The fourth-order valence-electron chi connectivity index (χ4n) is 3.63. The highest BCUT2D eigenvalue weighted by molar-refractivity contribution is 8.08. The lowest BCUT2D eigenvalue weighted by molar-refractivity contribution is 0.477. The quantitative estimate of drug-likeness (QED) is 0.627. The molecule has 0 radical (unpaired) electrons. The Morgan fingerprint density at radius 2 is 2.03 bits per heavy atom. The van der Waals surface area contributed by atoms with Crippen LogP contribution in [0.15, 0.2) is 65.8 Å². The van der Waals surface area contributed by atoms with Gasteiger partial charge in [0.1, 0.15) is 16.9 Å². The molecule has 2 aromatic carbocycles. The Morgan fingerprint density at radius 1 is 1.21 bits per heavy atom. The molecule has 0 amide bonds. The minimum absolute atomic E-state index is 0.0799. The van der Waals surface area contributed by atoms with Gasteiger partial charge in [-0.3, -0.25) is 4.57 Å². The zero-order chi connectivity index (χ0) is 20.0. The number of benzene rings is 2. The van der Waals surface area contributed by atoms with E-state index in [1.165, 1.54) is 11.8 Å². The van der Waals surface area contributed by atoms with E-state index in [2.05, 4.69) is 10.3 Å². The second-order valence-corrected chi connectivity index (χ2v) is 7.88. The number of nitrogens with zero attached hydrogens (tertiary/aromatic N) is 2. The van der Waals surface area contributed by atoms with Gasteiger partial charge < -0.3 is 15.2 Å². The molecule has 3 aromatic rings. The van der Waals surface area contributed by atoms with Crippen LogP contribution < -0.4 is 15.7 Å². The summed E-state index contributed by atoms with van der Waals surface area (Å²) < 4.78 is 7.52. The molecule has 0 saturated heterocycles. The molecular formula is C22H17N3O3S. The molecule has 2 aliphatic heterocycles. The number of thioether (sulfide) groups is 1. The third kappa shape index (κ3) is 2.91. The lowest BCUT2D eigenvalue weighted by Gasteiger charge is -2.22. The van der Waals surface area contributed by atoms with Crippen LogP contribution in [0, 0.1) is 6.92 Å². The summed E-state index contributed by atoms with van der Waals surface area (Å²) in [5.74, 6) is 1.45. The molecule has 1 aromatic heterocycles. The van der Waals surface area contributed by atoms with Crippen molar-refractivity contribution in [2.24, 2.45) is 0 Å². The normalized spacial score (nSPS) is 17.8. The van der Waals surface area contributed by atoms with E-state index in [0.29, 0.717) is 16.3 Å². The Morgan fingerprint density at radius 3 is 2.79 bits per heavy atom. The molecule has 5 rings (SSSR count). The van der Waals surface area contributed by atoms with Gasteiger partial charge >= 0.3 is 5.69 Å². The second-order valence-electron chi connectivity index (χ2n) is 6.73. The van der Waals surface area contributed by atoms with Gasteiger partial charge in [-0.1, -0.05) is 30.0 Å². The Labute approximate surface area is 171 Å². The molecule has 144 valence electrons. The molecule has 2 aliphatic rings. The summed E-state index contributed by atoms with van der Waals surface area (Å²) in [5, 5.41) is 12.7. The molecular weight excluding hydrogens is 386 g/mol. The predicted octanol–water partition coefficient (Wildman–Crippen LogP) is 4.51. The van der Waals surface area contributed by atoms with Crippen LogP contribution in [0.3, 0.4) is 0 Å². The summed E-state index contributed by atoms with van der Waals surface area (Å²) in [5.41, 5.74) is 3.47. The highest BCUT2D eigenvalue weighted by atomic mass is 32.2. The number of para-hydroxylation sites is 1. The van der Waals surface area contributed by atoms with E-state index in [0.717, 1.165) is 34.5 Å². The van der Waals surface area contributed by atoms with E-state index in [1.54, 1.807) is 4.57 Å². The van der Waals surface area contributed by atoms with Crippen molar-refractivity contribution in [1.29, 1.82) is 0 Å². The fourth-order valence-corrected chi connectivity index (χ4v) is 4.70. The fraction of sp³-hybridized carbons (Fsp3) is 0.0909. The summed E-state index contributed by atoms with van der Waals surface area (Å²) in [4.78, 5) is 17.8. The molecule has 0 fully saturated rings. The summed E-state index contributed by atoms with van der Waals surface area (Å²) in [7, 11) is 0. The lowest BCUT2D eigenvalue weighted by atomic mass is 10.1. The topological polar surface area (TPSA) is 76.4 Å². The predicted molar refractivity (Wildman–Crippen MR) is 114 cm³/mol. The maximum atomic E-state index is 12.9. The average molecular weight is 403 g/mol. The first-order chi connectivity index (χ1) is 14.2. The van der Waals surface area contributed by atoms with Crippen LogP contribution in [-0.2, 0) is 0 Å². The zero-order valence-electron chi connectivity index (χ0n) is 15.5. The van der Waals surface area contributed by atoms with Crippen molar-refractivity contribution in [2.45, 2.75) is 12.3 Å². The Kier molecular flexibility index (Phi) is 4.17. The van der Waals surface area contributed by atoms with E-state index < -0.39 is 0 Å². The Balaban J connectivity index is 1.62. The van der Waals surface area contributed by atoms with E-state index in [9.17, 15) is 9.90 Å². The monoisotopic (exact) mass is 403 g/mol. The second kappa shape index (κ2) is 6.86. The average Bonchev–Trinajstić information content (AvgIpc) is 3.09. The van der Waals surface area contributed by atoms with Crippen molar-refractivity contribution in [2.75, 3.05) is 0 Å². The number of ether oxygens (including phenoxy) is 1. The standard InChI is InChI=1S/C22H17N3O3S/c1-13-11-15(28-14-5-3-2-4-6-14)7-8-16(13)25-17-9-10-23-21-19(17)20(24-22(25)27)18(12-26)29-21/h2-12,21,23,26H,1H3. The first kappa shape index (κ1) is 17.6. The minimum atomic E-state index is -0.384. The smallest absolute Gasteiger partial charge is 0.353 e. The largest absolute Gasteiger partial charge is 0.514 e. The van der Waals surface area contributed by atoms with Crippen molar-refractivity contribution in [1.82, 2.24) is 14.9 Å². The third-order valence-electron chi connectivity index (χ3n) is 4.91. The molecule has 6 nitrogen and oxygen atoms in total. The van der Waals surface area contributed by atoms with Crippen molar-refractivity contribution >= 4 is 22.7 Å². The van der Waals surface area contributed by atoms with Gasteiger partial charge in [-0.05, 0) is 55.1 Å². The van der Waals surface area contributed by atoms with Crippen LogP contribution in [-0.4, -0.2) is 14.7 Å². The van der Waals surface area contributed by atoms with Gasteiger partial charge in [0.2, 0.25) is 0 Å². The molecule has 0 spiro atoms. The number of aliphatic hydroxyl groups excluding tert-OH is 1. The highest BCUT2D eigenvalue weighted by Gasteiger charge is 2.35. The summed E-state index contributed by atoms with van der Waals surface area (Å²) in [6, 6.07) is 15.2. The van der Waals surface area contributed by atoms with E-state index in [1.807, 2.05) is 67.7 Å². The first-order valence-corrected chi connectivity index (χ1v) is 9.98. The zero-order valence-corrected chi connectivity index (χ0v) is 16.3. The van der Waals surface area contributed by atoms with Gasteiger partial charge in [0.25, 0.3) is 0 Å². The minimum Gasteiger partial charge on any atom is -0.514 e. The van der Waals surface area contributed by atoms with Crippen LogP contribution in [0.5, 0.6) is 11.5 Å². The van der Waals surface area contributed by atoms with Gasteiger partial charge in [-0.2, -0.15) is 4.98 Å². The SMILES string of the molecule is Cc1cc(Oc2ccccc2)ccc1-n1c2c3c(nc1=O)C(=CO)SC3NC=C2. The van der Waals surface area contributed by atoms with Crippen LogP contribution >= 0.6 is 11.8 Å². The van der Waals surface area contributed by atoms with Crippen molar-refractivity contribution < 1.29 is 9.84 Å². The van der Waals surface area contributed by atoms with Gasteiger partial charge in [-0.25, -0.2) is 4.79 Å². The molecule has 7 heteroatoms. The van der Waals surface area contributed by atoms with E-state index in [4.69, 9.17) is 4.74 Å². The first-order valence-electron chi connectivity index (χ1n) is 9.10.